The van der Waals surface area contributed by atoms with E-state index in [2.05, 4.69) is 10.3 Å². The number of aromatic hydroxyl groups is 1. The number of aromatic nitrogens is 1. The van der Waals surface area contributed by atoms with Crippen LogP contribution >= 0.6 is 11.3 Å². The number of hydrogen-bond donors (Lipinski definition) is 3. The fourth-order valence-electron chi connectivity index (χ4n) is 2.15. The zero-order valence-electron chi connectivity index (χ0n) is 9.38. The number of nitrogens with two attached hydrogens (primary N) is 1. The van der Waals surface area contributed by atoms with E-state index in [1.54, 1.807) is 18.2 Å². The SMILES string of the molecule is Nc1nc2c(s1)C(c1cccc(O)c1)CC(=O)N2. The summed E-state index contributed by atoms with van der Waals surface area (Å²) < 4.78 is 0. The van der Waals surface area contributed by atoms with Crippen molar-refractivity contribution < 1.29 is 9.90 Å². The molecule has 0 radical (unpaired) electrons. The molecular weight excluding hydrogens is 250 g/mol. The van der Waals surface area contributed by atoms with E-state index in [1.807, 2.05) is 6.07 Å². The number of carbonyl (C=O) groups is 1. The van der Waals surface area contributed by atoms with Gasteiger partial charge in [-0.05, 0) is 17.7 Å². The van der Waals surface area contributed by atoms with Crippen molar-refractivity contribution in [1.29, 1.82) is 0 Å². The highest BCUT2D eigenvalue weighted by Gasteiger charge is 2.29. The van der Waals surface area contributed by atoms with Gasteiger partial charge in [0.1, 0.15) is 11.6 Å². The minimum absolute atomic E-state index is 0.0823. The maximum absolute atomic E-state index is 11.7. The topological polar surface area (TPSA) is 88.2 Å². The molecule has 1 atom stereocenters. The minimum atomic E-state index is -0.0874. The van der Waals surface area contributed by atoms with Crippen molar-refractivity contribution in [3.8, 4) is 5.75 Å². The summed E-state index contributed by atoms with van der Waals surface area (Å²) in [6, 6.07) is 6.93. The van der Waals surface area contributed by atoms with Gasteiger partial charge in [0, 0.05) is 12.3 Å². The third kappa shape index (κ3) is 1.80. The molecule has 1 aromatic heterocycles. The zero-order valence-corrected chi connectivity index (χ0v) is 10.2. The molecule has 18 heavy (non-hydrogen) atoms. The Bertz CT molecular complexity index is 624. The van der Waals surface area contributed by atoms with Crippen LogP contribution in [0.25, 0.3) is 0 Å². The Balaban J connectivity index is 2.09. The number of rotatable bonds is 1. The number of amides is 1. The normalized spacial score (nSPS) is 18.2. The number of nitrogens with zero attached hydrogens (tertiary/aromatic N) is 1. The summed E-state index contributed by atoms with van der Waals surface area (Å²) >= 11 is 1.37. The molecule has 5 nitrogen and oxygen atoms in total. The predicted octanol–water partition coefficient (Wildman–Crippen LogP) is 1.91. The smallest absolute Gasteiger partial charge is 0.226 e. The van der Waals surface area contributed by atoms with Crippen molar-refractivity contribution in [3.05, 3.63) is 34.7 Å². The molecule has 3 rings (SSSR count). The van der Waals surface area contributed by atoms with Crippen molar-refractivity contribution in [2.24, 2.45) is 0 Å². The van der Waals surface area contributed by atoms with Crippen LogP contribution < -0.4 is 11.1 Å². The molecule has 4 N–H and O–H groups in total. The summed E-state index contributed by atoms with van der Waals surface area (Å²) in [5, 5.41) is 12.7. The van der Waals surface area contributed by atoms with E-state index in [0.717, 1.165) is 10.4 Å². The maximum Gasteiger partial charge on any atom is 0.226 e. The lowest BCUT2D eigenvalue weighted by molar-refractivity contribution is -0.116. The van der Waals surface area contributed by atoms with Gasteiger partial charge in [-0.1, -0.05) is 23.5 Å². The molecule has 0 spiro atoms. The highest BCUT2D eigenvalue weighted by molar-refractivity contribution is 7.16. The van der Waals surface area contributed by atoms with Gasteiger partial charge >= 0.3 is 0 Å². The van der Waals surface area contributed by atoms with Crippen molar-refractivity contribution in [1.82, 2.24) is 4.98 Å². The monoisotopic (exact) mass is 261 g/mol. The molecule has 0 aliphatic carbocycles. The van der Waals surface area contributed by atoms with E-state index in [1.165, 1.54) is 11.3 Å². The lowest BCUT2D eigenvalue weighted by Gasteiger charge is -2.21. The van der Waals surface area contributed by atoms with E-state index in [-0.39, 0.29) is 17.6 Å². The van der Waals surface area contributed by atoms with Crippen molar-refractivity contribution >= 4 is 28.2 Å². The van der Waals surface area contributed by atoms with E-state index < -0.39 is 0 Å². The van der Waals surface area contributed by atoms with Crippen molar-refractivity contribution in [3.63, 3.8) is 0 Å². The number of nitrogen functional groups attached to an aromatic ring is 1. The second-order valence-electron chi connectivity index (χ2n) is 4.16. The highest BCUT2D eigenvalue weighted by Crippen LogP contribution is 2.41. The first-order valence-electron chi connectivity index (χ1n) is 5.48. The molecule has 1 aliphatic heterocycles. The first kappa shape index (κ1) is 11.0. The zero-order chi connectivity index (χ0) is 12.7. The van der Waals surface area contributed by atoms with Gasteiger partial charge < -0.3 is 16.2 Å². The van der Waals surface area contributed by atoms with Crippen molar-refractivity contribution in [2.45, 2.75) is 12.3 Å². The van der Waals surface area contributed by atoms with Gasteiger partial charge in [-0.3, -0.25) is 4.79 Å². The number of hydrogen-bond acceptors (Lipinski definition) is 5. The molecule has 6 heteroatoms. The number of thiazole rings is 1. The Morgan fingerprint density at radius 2 is 2.33 bits per heavy atom. The number of benzene rings is 1. The van der Waals surface area contributed by atoms with Gasteiger partial charge in [-0.2, -0.15) is 0 Å². The summed E-state index contributed by atoms with van der Waals surface area (Å²) in [7, 11) is 0. The van der Waals surface area contributed by atoms with Crippen LogP contribution in [0.15, 0.2) is 24.3 Å². The quantitative estimate of drug-likeness (QED) is 0.731. The van der Waals surface area contributed by atoms with Gasteiger partial charge in [-0.25, -0.2) is 4.98 Å². The van der Waals surface area contributed by atoms with Crippen LogP contribution in [0.4, 0.5) is 10.9 Å². The lowest BCUT2D eigenvalue weighted by atomic mass is 9.91. The Hall–Kier alpha value is -2.08. The van der Waals surface area contributed by atoms with Gasteiger partial charge in [0.2, 0.25) is 5.91 Å². The molecule has 92 valence electrons. The Morgan fingerprint density at radius 3 is 3.11 bits per heavy atom. The van der Waals surface area contributed by atoms with E-state index in [9.17, 15) is 9.90 Å². The number of phenolic OH excluding ortho intramolecular Hbond substituents is 1. The molecule has 0 saturated carbocycles. The molecule has 2 heterocycles. The second kappa shape index (κ2) is 3.99. The fourth-order valence-corrected chi connectivity index (χ4v) is 3.06. The van der Waals surface area contributed by atoms with Gasteiger partial charge in [0.25, 0.3) is 0 Å². The predicted molar refractivity (Wildman–Crippen MR) is 69.7 cm³/mol. The van der Waals surface area contributed by atoms with Crippen LogP contribution in [-0.4, -0.2) is 16.0 Å². The molecule has 1 amide bonds. The van der Waals surface area contributed by atoms with E-state index >= 15 is 0 Å². The lowest BCUT2D eigenvalue weighted by Crippen LogP contribution is -2.22. The maximum atomic E-state index is 11.7. The second-order valence-corrected chi connectivity index (χ2v) is 5.23. The average molecular weight is 261 g/mol. The molecule has 0 saturated heterocycles. The first-order chi connectivity index (χ1) is 8.63. The summed E-state index contributed by atoms with van der Waals surface area (Å²) in [5.74, 6) is 0.566. The van der Waals surface area contributed by atoms with Crippen LogP contribution in [0.1, 0.15) is 22.8 Å². The molecule has 0 bridgehead atoms. The molecule has 1 unspecified atom stereocenters. The Labute approximate surface area is 107 Å². The van der Waals surface area contributed by atoms with Crippen LogP contribution in [0.5, 0.6) is 5.75 Å². The Kier molecular flexibility index (Phi) is 2.45. The van der Waals surface area contributed by atoms with E-state index in [4.69, 9.17) is 5.73 Å². The summed E-state index contributed by atoms with van der Waals surface area (Å²) in [4.78, 5) is 16.7. The van der Waals surface area contributed by atoms with Crippen LogP contribution in [0, 0.1) is 0 Å². The van der Waals surface area contributed by atoms with Gasteiger partial charge in [0.05, 0.1) is 4.88 Å². The van der Waals surface area contributed by atoms with Crippen LogP contribution in [0.2, 0.25) is 0 Å². The number of phenols is 1. The molecule has 1 aliphatic rings. The first-order valence-corrected chi connectivity index (χ1v) is 6.30. The molecular formula is C12H11N3O2S. The summed E-state index contributed by atoms with van der Waals surface area (Å²) in [6.07, 6.45) is 0.345. The van der Waals surface area contributed by atoms with Crippen LogP contribution in [0.3, 0.4) is 0 Å². The summed E-state index contributed by atoms with van der Waals surface area (Å²) in [6.45, 7) is 0. The van der Waals surface area contributed by atoms with E-state index in [0.29, 0.717) is 17.4 Å². The van der Waals surface area contributed by atoms with Crippen LogP contribution in [-0.2, 0) is 4.79 Å². The third-order valence-electron chi connectivity index (χ3n) is 2.91. The number of carbonyl (C=O) groups excluding carboxylic acids is 1. The highest BCUT2D eigenvalue weighted by atomic mass is 32.1. The van der Waals surface area contributed by atoms with Crippen molar-refractivity contribution in [2.75, 3.05) is 11.1 Å². The van der Waals surface area contributed by atoms with Gasteiger partial charge in [-0.15, -0.1) is 0 Å². The average Bonchev–Trinajstić information content (AvgIpc) is 2.68. The molecule has 0 fully saturated rings. The summed E-state index contributed by atoms with van der Waals surface area (Å²) in [5.41, 5.74) is 6.58. The number of fused-ring (bicyclic) bond motifs is 1. The molecule has 2 aromatic rings. The third-order valence-corrected chi connectivity index (χ3v) is 3.90. The minimum Gasteiger partial charge on any atom is -0.508 e. The number of anilines is 2. The van der Waals surface area contributed by atoms with Gasteiger partial charge in [0.15, 0.2) is 5.13 Å². The fraction of sp³-hybridized carbons (Fsp3) is 0.167. The molecule has 1 aromatic carbocycles. The Morgan fingerprint density at radius 1 is 1.50 bits per heavy atom. The number of nitrogens with one attached hydrogen (secondary N) is 1. The largest absolute Gasteiger partial charge is 0.508 e. The standard InChI is InChI=1S/C12H11N3O2S/c13-12-15-11-10(18-12)8(5-9(17)14-11)6-2-1-3-7(16)4-6/h1-4,8,16H,5H2,(H2,13,15)(H,14,17).